The molecule has 0 saturated heterocycles. The van der Waals surface area contributed by atoms with Gasteiger partial charge in [-0.25, -0.2) is 4.98 Å². The molecular formula is C23H44N2. The summed E-state index contributed by atoms with van der Waals surface area (Å²) in [7, 11) is 0. The molecular weight excluding hydrogens is 304 g/mol. The summed E-state index contributed by atoms with van der Waals surface area (Å²) in [4.78, 5) is 4.59. The predicted octanol–water partition coefficient (Wildman–Crippen LogP) is 7.71. The molecule has 0 unspecified atom stereocenters. The highest BCUT2D eigenvalue weighted by molar-refractivity contribution is 4.92. The van der Waals surface area contributed by atoms with Crippen LogP contribution in [0.25, 0.3) is 0 Å². The number of aryl methyl sites for hydroxylation is 2. The zero-order chi connectivity index (χ0) is 18.0. The van der Waals surface area contributed by atoms with Crippen molar-refractivity contribution in [1.29, 1.82) is 0 Å². The largest absolute Gasteiger partial charge is 0.335 e. The summed E-state index contributed by atoms with van der Waals surface area (Å²) in [6.45, 7) is 5.74. The van der Waals surface area contributed by atoms with Crippen LogP contribution < -0.4 is 0 Å². The monoisotopic (exact) mass is 348 g/mol. The minimum Gasteiger partial charge on any atom is -0.335 e. The lowest BCUT2D eigenvalue weighted by Crippen LogP contribution is -2.03. The molecule has 1 rings (SSSR count). The Morgan fingerprint density at radius 3 is 1.68 bits per heavy atom. The Balaban J connectivity index is 2.00. The summed E-state index contributed by atoms with van der Waals surface area (Å²) in [5.41, 5.74) is 0. The molecule has 0 bridgehead atoms. The molecule has 0 fully saturated rings. The van der Waals surface area contributed by atoms with E-state index in [1.807, 2.05) is 6.20 Å². The normalized spacial score (nSPS) is 11.3. The maximum absolute atomic E-state index is 4.59. The molecule has 0 N–H and O–H groups in total. The average molecular weight is 349 g/mol. The van der Waals surface area contributed by atoms with E-state index < -0.39 is 0 Å². The summed E-state index contributed by atoms with van der Waals surface area (Å²) < 4.78 is 2.40. The van der Waals surface area contributed by atoms with Gasteiger partial charge in [0.2, 0.25) is 0 Å². The van der Waals surface area contributed by atoms with Gasteiger partial charge in [0.15, 0.2) is 0 Å². The first-order chi connectivity index (χ1) is 12.4. The standard InChI is InChI=1S/C23H44N2/c1-3-5-7-9-11-13-15-17-19-23-24-20-22-25(23)21-18-16-14-12-10-8-6-4-2/h20,22H,3-19,21H2,1-2H3. The third kappa shape index (κ3) is 12.2. The molecule has 0 amide bonds. The molecule has 0 aliphatic heterocycles. The van der Waals surface area contributed by atoms with E-state index in [-0.39, 0.29) is 0 Å². The number of nitrogens with zero attached hydrogens (tertiary/aromatic N) is 2. The molecule has 1 aromatic rings. The van der Waals surface area contributed by atoms with Crippen molar-refractivity contribution < 1.29 is 0 Å². The third-order valence-corrected chi connectivity index (χ3v) is 5.31. The van der Waals surface area contributed by atoms with E-state index >= 15 is 0 Å². The van der Waals surface area contributed by atoms with E-state index in [4.69, 9.17) is 0 Å². The molecule has 2 heteroatoms. The van der Waals surface area contributed by atoms with Crippen LogP contribution in [0, 0.1) is 0 Å². The van der Waals surface area contributed by atoms with Gasteiger partial charge in [0.25, 0.3) is 0 Å². The summed E-state index contributed by atoms with van der Waals surface area (Å²) in [6, 6.07) is 0. The van der Waals surface area contributed by atoms with Gasteiger partial charge in [-0.3, -0.25) is 0 Å². The first-order valence-electron chi connectivity index (χ1n) is 11.4. The molecule has 0 aliphatic carbocycles. The van der Waals surface area contributed by atoms with Crippen LogP contribution in [0.4, 0.5) is 0 Å². The van der Waals surface area contributed by atoms with E-state index in [1.54, 1.807) is 0 Å². The second-order valence-corrected chi connectivity index (χ2v) is 7.74. The van der Waals surface area contributed by atoms with Gasteiger partial charge in [0.05, 0.1) is 0 Å². The molecule has 1 heterocycles. The fourth-order valence-corrected chi connectivity index (χ4v) is 3.60. The van der Waals surface area contributed by atoms with E-state index in [2.05, 4.69) is 29.6 Å². The topological polar surface area (TPSA) is 17.8 Å². The lowest BCUT2D eigenvalue weighted by molar-refractivity contribution is 0.526. The molecule has 0 atom stereocenters. The predicted molar refractivity (Wildman–Crippen MR) is 111 cm³/mol. The highest BCUT2D eigenvalue weighted by Crippen LogP contribution is 2.12. The van der Waals surface area contributed by atoms with Gasteiger partial charge in [0.1, 0.15) is 5.82 Å². The Morgan fingerprint density at radius 1 is 0.640 bits per heavy atom. The van der Waals surface area contributed by atoms with Crippen LogP contribution in [0.15, 0.2) is 12.4 Å². The molecule has 1 aromatic heterocycles. The van der Waals surface area contributed by atoms with Gasteiger partial charge in [0, 0.05) is 25.4 Å². The molecule has 0 spiro atoms. The highest BCUT2D eigenvalue weighted by atomic mass is 15.1. The van der Waals surface area contributed by atoms with Crippen LogP contribution in [-0.2, 0) is 13.0 Å². The first kappa shape index (κ1) is 22.3. The van der Waals surface area contributed by atoms with Crippen LogP contribution in [-0.4, -0.2) is 9.55 Å². The van der Waals surface area contributed by atoms with Gasteiger partial charge >= 0.3 is 0 Å². The minimum atomic E-state index is 1.17. The summed E-state index contributed by atoms with van der Waals surface area (Å²) in [5.74, 6) is 1.31. The number of imidazole rings is 1. The van der Waals surface area contributed by atoms with Crippen LogP contribution in [0.2, 0.25) is 0 Å². The van der Waals surface area contributed by atoms with Crippen molar-refractivity contribution in [2.45, 2.75) is 130 Å². The second kappa shape index (κ2) is 16.7. The van der Waals surface area contributed by atoms with Crippen molar-refractivity contribution >= 4 is 0 Å². The molecule has 25 heavy (non-hydrogen) atoms. The minimum absolute atomic E-state index is 1.17. The van der Waals surface area contributed by atoms with Crippen molar-refractivity contribution in [2.24, 2.45) is 0 Å². The van der Waals surface area contributed by atoms with E-state index in [9.17, 15) is 0 Å². The lowest BCUT2D eigenvalue weighted by Gasteiger charge is -2.08. The Kier molecular flexibility index (Phi) is 14.8. The zero-order valence-corrected chi connectivity index (χ0v) is 17.3. The van der Waals surface area contributed by atoms with Crippen molar-refractivity contribution in [3.63, 3.8) is 0 Å². The second-order valence-electron chi connectivity index (χ2n) is 7.74. The number of hydrogen-bond donors (Lipinski definition) is 0. The van der Waals surface area contributed by atoms with Gasteiger partial charge in [-0.1, -0.05) is 104 Å². The quantitative estimate of drug-likeness (QED) is 0.248. The van der Waals surface area contributed by atoms with Gasteiger partial charge in [-0.15, -0.1) is 0 Å². The Labute approximate surface area is 157 Å². The number of rotatable bonds is 18. The smallest absolute Gasteiger partial charge is 0.108 e. The fraction of sp³-hybridized carbons (Fsp3) is 0.870. The molecule has 146 valence electrons. The van der Waals surface area contributed by atoms with Gasteiger partial charge in [-0.05, 0) is 12.8 Å². The van der Waals surface area contributed by atoms with Crippen LogP contribution in [0.5, 0.6) is 0 Å². The summed E-state index contributed by atoms with van der Waals surface area (Å²) in [6.07, 6.45) is 27.6. The number of hydrogen-bond acceptors (Lipinski definition) is 1. The molecule has 0 aliphatic rings. The van der Waals surface area contributed by atoms with Crippen LogP contribution in [0.3, 0.4) is 0 Å². The number of aromatic nitrogens is 2. The van der Waals surface area contributed by atoms with E-state index in [1.165, 1.54) is 122 Å². The third-order valence-electron chi connectivity index (χ3n) is 5.31. The van der Waals surface area contributed by atoms with Crippen molar-refractivity contribution in [1.82, 2.24) is 9.55 Å². The fourth-order valence-electron chi connectivity index (χ4n) is 3.60. The lowest BCUT2D eigenvalue weighted by atomic mass is 10.1. The van der Waals surface area contributed by atoms with Crippen molar-refractivity contribution in [3.05, 3.63) is 18.2 Å². The maximum atomic E-state index is 4.59. The molecule has 0 saturated carbocycles. The molecule has 0 radical (unpaired) electrons. The van der Waals surface area contributed by atoms with Crippen LogP contribution in [0.1, 0.15) is 122 Å². The Hall–Kier alpha value is -0.790. The van der Waals surface area contributed by atoms with E-state index in [0.717, 1.165) is 0 Å². The SMILES string of the molecule is CCCCCCCCCCc1nccn1CCCCCCCCCC. The highest BCUT2D eigenvalue weighted by Gasteiger charge is 2.02. The Bertz CT molecular complexity index is 349. The molecule has 2 nitrogen and oxygen atoms in total. The van der Waals surface area contributed by atoms with Gasteiger partial charge < -0.3 is 4.57 Å². The van der Waals surface area contributed by atoms with Crippen molar-refractivity contribution in [3.8, 4) is 0 Å². The average Bonchev–Trinajstić information content (AvgIpc) is 3.07. The first-order valence-corrected chi connectivity index (χ1v) is 11.4. The van der Waals surface area contributed by atoms with E-state index in [0.29, 0.717) is 0 Å². The van der Waals surface area contributed by atoms with Crippen LogP contribution >= 0.6 is 0 Å². The number of unbranched alkanes of at least 4 members (excludes halogenated alkanes) is 14. The molecule has 0 aromatic carbocycles. The summed E-state index contributed by atoms with van der Waals surface area (Å²) in [5, 5.41) is 0. The zero-order valence-electron chi connectivity index (χ0n) is 17.3. The summed E-state index contributed by atoms with van der Waals surface area (Å²) >= 11 is 0. The Morgan fingerprint density at radius 2 is 1.12 bits per heavy atom. The van der Waals surface area contributed by atoms with Crippen molar-refractivity contribution in [2.75, 3.05) is 0 Å². The maximum Gasteiger partial charge on any atom is 0.108 e. The van der Waals surface area contributed by atoms with Gasteiger partial charge in [-0.2, -0.15) is 0 Å².